The zero-order chi connectivity index (χ0) is 24.3. The Balaban J connectivity index is 1.42. The van der Waals surface area contributed by atoms with Gasteiger partial charge in [-0.25, -0.2) is 13.4 Å². The Morgan fingerprint density at radius 1 is 1.32 bits per heavy atom. The second-order valence-corrected chi connectivity index (χ2v) is 10.9. The van der Waals surface area contributed by atoms with Crippen LogP contribution >= 0.6 is 0 Å². The Hall–Kier alpha value is -3.14. The normalized spacial score (nSPS) is 19.3. The van der Waals surface area contributed by atoms with Gasteiger partial charge in [-0.05, 0) is 42.5 Å². The van der Waals surface area contributed by atoms with Crippen LogP contribution in [0.4, 0.5) is 5.82 Å². The van der Waals surface area contributed by atoms with Crippen molar-refractivity contribution in [3.05, 3.63) is 53.2 Å². The number of pyridine rings is 1. The van der Waals surface area contributed by atoms with E-state index in [0.29, 0.717) is 41.5 Å². The highest BCUT2D eigenvalue weighted by molar-refractivity contribution is 7.89. The summed E-state index contributed by atoms with van der Waals surface area (Å²) < 4.78 is 33.6. The number of nitrogens with one attached hydrogen (secondary N) is 1. The molecule has 0 spiro atoms. The number of fused-ring (bicyclic) bond motifs is 1. The minimum Gasteiger partial charge on any atom is -0.492 e. The van der Waals surface area contributed by atoms with Gasteiger partial charge in [0.25, 0.3) is 15.9 Å². The summed E-state index contributed by atoms with van der Waals surface area (Å²) >= 11 is 0. The van der Waals surface area contributed by atoms with E-state index in [0.717, 1.165) is 31.7 Å². The van der Waals surface area contributed by atoms with Crippen LogP contribution in [0.1, 0.15) is 48.2 Å². The number of aromatic nitrogens is 1. The number of benzene rings is 1. The molecule has 1 aromatic carbocycles. The highest BCUT2D eigenvalue weighted by atomic mass is 32.2. The second kappa shape index (κ2) is 10.0. The average Bonchev–Trinajstić information content (AvgIpc) is 2.80. The van der Waals surface area contributed by atoms with Crippen LogP contribution in [-0.2, 0) is 15.8 Å². The number of amidine groups is 1. The van der Waals surface area contributed by atoms with Crippen LogP contribution in [0.5, 0.6) is 5.75 Å². The molecule has 2 aliphatic heterocycles. The van der Waals surface area contributed by atoms with Gasteiger partial charge in [-0.15, -0.1) is 4.40 Å². The van der Waals surface area contributed by atoms with Crippen molar-refractivity contribution in [2.24, 2.45) is 22.0 Å². The summed E-state index contributed by atoms with van der Waals surface area (Å²) in [5.41, 5.74) is 7.71. The minimum absolute atomic E-state index is 0.0288. The lowest BCUT2D eigenvalue weighted by atomic mass is 9.98. The highest BCUT2D eigenvalue weighted by Crippen LogP contribution is 2.29. The summed E-state index contributed by atoms with van der Waals surface area (Å²) in [6, 6.07) is 8.87. The van der Waals surface area contributed by atoms with Crippen LogP contribution in [0.2, 0.25) is 0 Å². The number of anilines is 1. The van der Waals surface area contributed by atoms with Crippen LogP contribution in [0.15, 0.2) is 40.9 Å². The second-order valence-electron chi connectivity index (χ2n) is 9.26. The number of amides is 1. The lowest BCUT2D eigenvalue weighted by molar-refractivity contribution is 0.0949. The third-order valence-electron chi connectivity index (χ3n) is 5.94. The summed E-state index contributed by atoms with van der Waals surface area (Å²) in [5.74, 6) is 1.66. The first-order valence-corrected chi connectivity index (χ1v) is 13.1. The van der Waals surface area contributed by atoms with E-state index in [1.54, 1.807) is 30.5 Å². The molecule has 0 aliphatic carbocycles. The van der Waals surface area contributed by atoms with Gasteiger partial charge in [-0.3, -0.25) is 4.79 Å². The number of piperidine rings is 1. The molecule has 1 aromatic heterocycles. The standard InChI is InChI=1S/C24H31N5O4S/c1-16(2)12-27-24(30)18-8-9-26-21(11-18)29-10-4-5-17(13-29)14-33-20-7-3-6-19-15-34(31,32)28-23(25)22(19)20/h3,6-9,11,16-17H,4-5,10,12-15H2,1-2H3,(H2,25,28)(H,27,30)/t17-/m0/s1. The van der Waals surface area contributed by atoms with Crippen molar-refractivity contribution in [3.8, 4) is 5.75 Å². The van der Waals surface area contributed by atoms with Crippen LogP contribution < -0.4 is 20.7 Å². The van der Waals surface area contributed by atoms with Crippen LogP contribution in [-0.4, -0.2) is 51.4 Å². The van der Waals surface area contributed by atoms with Gasteiger partial charge in [0.05, 0.1) is 17.9 Å². The van der Waals surface area contributed by atoms with Crippen molar-refractivity contribution in [3.63, 3.8) is 0 Å². The number of ether oxygens (including phenoxy) is 1. The van der Waals surface area contributed by atoms with E-state index in [1.807, 2.05) is 6.07 Å². The number of nitrogens with zero attached hydrogens (tertiary/aromatic N) is 3. The van der Waals surface area contributed by atoms with Crippen molar-refractivity contribution in [1.82, 2.24) is 10.3 Å². The summed E-state index contributed by atoms with van der Waals surface area (Å²) in [4.78, 5) is 19.1. The van der Waals surface area contributed by atoms with Crippen molar-refractivity contribution in [2.75, 3.05) is 31.1 Å². The summed E-state index contributed by atoms with van der Waals surface area (Å²) in [6.45, 7) is 6.81. The van der Waals surface area contributed by atoms with Crippen molar-refractivity contribution in [2.45, 2.75) is 32.4 Å². The molecular formula is C24H31N5O4S. The Kier molecular flexibility index (Phi) is 7.06. The van der Waals surface area contributed by atoms with E-state index in [-0.39, 0.29) is 23.4 Å². The van der Waals surface area contributed by atoms with Crippen molar-refractivity contribution in [1.29, 1.82) is 0 Å². The lowest BCUT2D eigenvalue weighted by Gasteiger charge is -2.33. The van der Waals surface area contributed by atoms with Crippen LogP contribution in [0.3, 0.4) is 0 Å². The van der Waals surface area contributed by atoms with Gasteiger partial charge in [-0.2, -0.15) is 0 Å². The van der Waals surface area contributed by atoms with Crippen LogP contribution in [0, 0.1) is 11.8 Å². The summed E-state index contributed by atoms with van der Waals surface area (Å²) in [7, 11) is -3.59. The number of hydrogen-bond acceptors (Lipinski definition) is 7. The fourth-order valence-corrected chi connectivity index (χ4v) is 5.37. The smallest absolute Gasteiger partial charge is 0.259 e. The van der Waals surface area contributed by atoms with E-state index in [1.165, 1.54) is 0 Å². The number of hydrogen-bond donors (Lipinski definition) is 2. The van der Waals surface area contributed by atoms with Gasteiger partial charge in [-0.1, -0.05) is 26.0 Å². The highest BCUT2D eigenvalue weighted by Gasteiger charge is 2.27. The minimum atomic E-state index is -3.59. The zero-order valence-electron chi connectivity index (χ0n) is 19.5. The Morgan fingerprint density at radius 2 is 2.15 bits per heavy atom. The lowest BCUT2D eigenvalue weighted by Crippen LogP contribution is -2.38. The van der Waals surface area contributed by atoms with Gasteiger partial charge < -0.3 is 20.7 Å². The molecule has 9 nitrogen and oxygen atoms in total. The SMILES string of the molecule is CC(C)CNC(=O)c1ccnc(N2CCC[C@H](COc3cccc4c3C(N)=NS(=O)(=O)C4)C2)c1. The number of carbonyl (C=O) groups excluding carboxylic acids is 1. The Labute approximate surface area is 200 Å². The third-order valence-corrected chi connectivity index (χ3v) is 7.09. The maximum Gasteiger partial charge on any atom is 0.259 e. The van der Waals surface area contributed by atoms with E-state index in [9.17, 15) is 13.2 Å². The third kappa shape index (κ3) is 5.67. The molecule has 1 atom stereocenters. The predicted molar refractivity (Wildman–Crippen MR) is 132 cm³/mol. The largest absolute Gasteiger partial charge is 0.492 e. The van der Waals surface area contributed by atoms with Gasteiger partial charge in [0, 0.05) is 37.3 Å². The first-order chi connectivity index (χ1) is 16.2. The van der Waals surface area contributed by atoms with E-state index >= 15 is 0 Å². The number of nitrogens with two attached hydrogens (primary N) is 1. The van der Waals surface area contributed by atoms with Gasteiger partial charge in [0.15, 0.2) is 0 Å². The first-order valence-electron chi connectivity index (χ1n) is 11.5. The first kappa shape index (κ1) is 24.0. The molecule has 10 heteroatoms. The molecule has 0 unspecified atom stereocenters. The molecular weight excluding hydrogens is 454 g/mol. The summed E-state index contributed by atoms with van der Waals surface area (Å²) in [6.07, 6.45) is 3.65. The fraction of sp³-hybridized carbons (Fsp3) is 0.458. The molecule has 0 bridgehead atoms. The molecule has 1 saturated heterocycles. The van der Waals surface area contributed by atoms with Crippen molar-refractivity contribution >= 4 is 27.6 Å². The molecule has 1 amide bonds. The molecule has 3 N–H and O–H groups in total. The fourth-order valence-electron chi connectivity index (χ4n) is 4.28. The molecule has 3 heterocycles. The zero-order valence-corrected chi connectivity index (χ0v) is 20.3. The molecule has 34 heavy (non-hydrogen) atoms. The molecule has 0 radical (unpaired) electrons. The average molecular weight is 486 g/mol. The molecule has 182 valence electrons. The quantitative estimate of drug-likeness (QED) is 0.616. The summed E-state index contributed by atoms with van der Waals surface area (Å²) in [5, 5.41) is 2.95. The molecule has 4 rings (SSSR count). The maximum absolute atomic E-state index is 12.5. The van der Waals surface area contributed by atoms with E-state index in [4.69, 9.17) is 10.5 Å². The molecule has 2 aromatic rings. The number of carbonyl (C=O) groups is 1. The van der Waals surface area contributed by atoms with E-state index < -0.39 is 10.0 Å². The maximum atomic E-state index is 12.5. The molecule has 2 aliphatic rings. The van der Waals surface area contributed by atoms with Gasteiger partial charge in [0.2, 0.25) is 0 Å². The van der Waals surface area contributed by atoms with Gasteiger partial charge >= 0.3 is 0 Å². The molecule has 0 saturated carbocycles. The van der Waals surface area contributed by atoms with Gasteiger partial charge in [0.1, 0.15) is 17.4 Å². The molecule has 1 fully saturated rings. The van der Waals surface area contributed by atoms with Crippen molar-refractivity contribution < 1.29 is 17.9 Å². The predicted octanol–water partition coefficient (Wildman–Crippen LogP) is 2.31. The van der Waals surface area contributed by atoms with E-state index in [2.05, 4.69) is 33.4 Å². The monoisotopic (exact) mass is 485 g/mol. The number of rotatable bonds is 7. The topological polar surface area (TPSA) is 127 Å². The van der Waals surface area contributed by atoms with Crippen LogP contribution in [0.25, 0.3) is 0 Å². The Bertz CT molecular complexity index is 1200. The number of sulfonamides is 1. The Morgan fingerprint density at radius 3 is 2.94 bits per heavy atom.